The number of rotatable bonds is 1. The van der Waals surface area contributed by atoms with Gasteiger partial charge in [0.25, 0.3) is 0 Å². The van der Waals surface area contributed by atoms with Crippen molar-refractivity contribution in [3.05, 3.63) is 21.8 Å². The maximum atomic E-state index is 5.90. The SMILES string of the molecule is CC1CCN(c2ncc(Cl)cc2Br)C(C)C1. The van der Waals surface area contributed by atoms with Crippen LogP contribution in [0.5, 0.6) is 0 Å². The number of halogens is 2. The number of nitrogens with zero attached hydrogens (tertiary/aromatic N) is 2. The highest BCUT2D eigenvalue weighted by molar-refractivity contribution is 9.10. The Morgan fingerprint density at radius 2 is 2.25 bits per heavy atom. The number of aromatic nitrogens is 1. The average molecular weight is 304 g/mol. The first-order valence-electron chi connectivity index (χ1n) is 5.65. The molecule has 4 heteroatoms. The number of anilines is 1. The third-order valence-electron chi connectivity index (χ3n) is 3.20. The lowest BCUT2D eigenvalue weighted by atomic mass is 9.93. The molecule has 88 valence electrons. The number of piperidine rings is 1. The van der Waals surface area contributed by atoms with Gasteiger partial charge in [-0.1, -0.05) is 18.5 Å². The molecule has 1 aliphatic rings. The zero-order chi connectivity index (χ0) is 11.7. The van der Waals surface area contributed by atoms with Gasteiger partial charge >= 0.3 is 0 Å². The normalized spacial score (nSPS) is 25.9. The minimum Gasteiger partial charge on any atom is -0.353 e. The Morgan fingerprint density at radius 3 is 2.88 bits per heavy atom. The van der Waals surface area contributed by atoms with Crippen LogP contribution in [0.2, 0.25) is 5.02 Å². The van der Waals surface area contributed by atoms with E-state index in [4.69, 9.17) is 11.6 Å². The van der Waals surface area contributed by atoms with Gasteiger partial charge < -0.3 is 4.90 Å². The number of pyridine rings is 1. The van der Waals surface area contributed by atoms with Gasteiger partial charge in [0.05, 0.1) is 9.50 Å². The molecule has 1 aromatic rings. The summed E-state index contributed by atoms with van der Waals surface area (Å²) in [6.45, 7) is 5.66. The van der Waals surface area contributed by atoms with Crippen molar-refractivity contribution in [1.29, 1.82) is 0 Å². The predicted octanol–water partition coefficient (Wildman–Crippen LogP) is 4.12. The largest absolute Gasteiger partial charge is 0.353 e. The Bertz CT molecular complexity index is 383. The molecule has 0 saturated carbocycles. The van der Waals surface area contributed by atoms with Gasteiger partial charge in [-0.2, -0.15) is 0 Å². The molecular formula is C12H16BrClN2. The van der Waals surface area contributed by atoms with Crippen LogP contribution in [0.3, 0.4) is 0 Å². The van der Waals surface area contributed by atoms with Crippen LogP contribution < -0.4 is 4.90 Å². The van der Waals surface area contributed by atoms with Crippen molar-refractivity contribution in [2.75, 3.05) is 11.4 Å². The van der Waals surface area contributed by atoms with Crippen LogP contribution in [-0.4, -0.2) is 17.6 Å². The van der Waals surface area contributed by atoms with Crippen molar-refractivity contribution < 1.29 is 0 Å². The van der Waals surface area contributed by atoms with Crippen molar-refractivity contribution in [2.24, 2.45) is 5.92 Å². The molecule has 0 aliphatic carbocycles. The molecule has 0 amide bonds. The monoisotopic (exact) mass is 302 g/mol. The smallest absolute Gasteiger partial charge is 0.143 e. The van der Waals surface area contributed by atoms with Crippen LogP contribution in [0.4, 0.5) is 5.82 Å². The lowest BCUT2D eigenvalue weighted by Gasteiger charge is -2.37. The summed E-state index contributed by atoms with van der Waals surface area (Å²) in [7, 11) is 0. The van der Waals surface area contributed by atoms with E-state index in [2.05, 4.69) is 39.7 Å². The molecule has 0 N–H and O–H groups in total. The fraction of sp³-hybridized carbons (Fsp3) is 0.583. The van der Waals surface area contributed by atoms with Gasteiger partial charge in [-0.15, -0.1) is 0 Å². The van der Waals surface area contributed by atoms with Crippen molar-refractivity contribution >= 4 is 33.3 Å². The summed E-state index contributed by atoms with van der Waals surface area (Å²) in [6.07, 6.45) is 4.18. The van der Waals surface area contributed by atoms with E-state index >= 15 is 0 Å². The molecule has 16 heavy (non-hydrogen) atoms. The molecule has 2 atom stereocenters. The van der Waals surface area contributed by atoms with Crippen molar-refractivity contribution in [1.82, 2.24) is 4.98 Å². The van der Waals surface area contributed by atoms with Crippen LogP contribution in [0.15, 0.2) is 16.7 Å². The van der Waals surface area contributed by atoms with E-state index in [1.807, 2.05) is 6.07 Å². The maximum Gasteiger partial charge on any atom is 0.143 e. The molecule has 1 aliphatic heterocycles. The van der Waals surface area contributed by atoms with Crippen LogP contribution >= 0.6 is 27.5 Å². The Labute approximate surface area is 110 Å². The second kappa shape index (κ2) is 4.92. The van der Waals surface area contributed by atoms with Crippen molar-refractivity contribution in [3.8, 4) is 0 Å². The summed E-state index contributed by atoms with van der Waals surface area (Å²) in [5, 5.41) is 0.675. The van der Waals surface area contributed by atoms with E-state index in [-0.39, 0.29) is 0 Å². The van der Waals surface area contributed by atoms with Crippen LogP contribution in [0, 0.1) is 5.92 Å². The molecule has 2 rings (SSSR count). The molecule has 1 fully saturated rings. The third-order valence-corrected chi connectivity index (χ3v) is 3.99. The molecule has 0 radical (unpaired) electrons. The zero-order valence-corrected chi connectivity index (χ0v) is 11.9. The Hall–Kier alpha value is -0.280. The standard InChI is InChI=1S/C12H16BrClN2/c1-8-3-4-16(9(2)5-8)12-11(13)6-10(14)7-15-12/h6-9H,3-5H2,1-2H3. The Kier molecular flexibility index (Phi) is 3.75. The molecule has 1 saturated heterocycles. The molecule has 1 aromatic heterocycles. The summed E-state index contributed by atoms with van der Waals surface area (Å²) >= 11 is 9.44. The van der Waals surface area contributed by atoms with Crippen LogP contribution in [0.25, 0.3) is 0 Å². The summed E-state index contributed by atoms with van der Waals surface area (Å²) in [6, 6.07) is 2.46. The van der Waals surface area contributed by atoms with E-state index in [1.165, 1.54) is 12.8 Å². The summed E-state index contributed by atoms with van der Waals surface area (Å²) in [5.41, 5.74) is 0. The van der Waals surface area contributed by atoms with Gasteiger partial charge in [0.15, 0.2) is 0 Å². The minimum absolute atomic E-state index is 0.550. The van der Waals surface area contributed by atoms with E-state index in [9.17, 15) is 0 Å². The first-order valence-corrected chi connectivity index (χ1v) is 6.82. The first kappa shape index (κ1) is 12.2. The zero-order valence-electron chi connectivity index (χ0n) is 9.58. The molecule has 2 nitrogen and oxygen atoms in total. The third kappa shape index (κ3) is 2.51. The van der Waals surface area contributed by atoms with Crippen LogP contribution in [-0.2, 0) is 0 Å². The fourth-order valence-corrected chi connectivity index (χ4v) is 3.21. The quantitative estimate of drug-likeness (QED) is 0.776. The molecule has 2 heterocycles. The van der Waals surface area contributed by atoms with Gasteiger partial charge in [-0.25, -0.2) is 4.98 Å². The number of hydrogen-bond acceptors (Lipinski definition) is 2. The lowest BCUT2D eigenvalue weighted by Crippen LogP contribution is -2.40. The molecule has 0 bridgehead atoms. The highest BCUT2D eigenvalue weighted by Gasteiger charge is 2.25. The summed E-state index contributed by atoms with van der Waals surface area (Å²) < 4.78 is 0.987. The summed E-state index contributed by atoms with van der Waals surface area (Å²) in [4.78, 5) is 6.79. The van der Waals surface area contributed by atoms with Gasteiger partial charge in [0.2, 0.25) is 0 Å². The highest BCUT2D eigenvalue weighted by atomic mass is 79.9. The van der Waals surface area contributed by atoms with Crippen LogP contribution in [0.1, 0.15) is 26.7 Å². The van der Waals surface area contributed by atoms with E-state index < -0.39 is 0 Å². The lowest BCUT2D eigenvalue weighted by molar-refractivity contribution is 0.375. The Balaban J connectivity index is 2.23. The van der Waals surface area contributed by atoms with Crippen molar-refractivity contribution in [2.45, 2.75) is 32.7 Å². The first-order chi connectivity index (χ1) is 7.58. The van der Waals surface area contributed by atoms with Gasteiger partial charge in [0, 0.05) is 18.8 Å². The van der Waals surface area contributed by atoms with E-state index in [0.717, 1.165) is 22.8 Å². The van der Waals surface area contributed by atoms with E-state index in [0.29, 0.717) is 11.1 Å². The molecular weight excluding hydrogens is 288 g/mol. The maximum absolute atomic E-state index is 5.90. The highest BCUT2D eigenvalue weighted by Crippen LogP contribution is 2.32. The van der Waals surface area contributed by atoms with Gasteiger partial charge in [-0.3, -0.25) is 0 Å². The van der Waals surface area contributed by atoms with Gasteiger partial charge in [-0.05, 0) is 47.7 Å². The van der Waals surface area contributed by atoms with E-state index in [1.54, 1.807) is 6.20 Å². The molecule has 0 aromatic carbocycles. The summed E-state index contributed by atoms with van der Waals surface area (Å²) in [5.74, 6) is 1.83. The second-order valence-electron chi connectivity index (χ2n) is 4.63. The predicted molar refractivity (Wildman–Crippen MR) is 72.2 cm³/mol. The molecule has 0 spiro atoms. The Morgan fingerprint density at radius 1 is 1.50 bits per heavy atom. The average Bonchev–Trinajstić information content (AvgIpc) is 2.19. The number of hydrogen-bond donors (Lipinski definition) is 0. The minimum atomic E-state index is 0.550. The topological polar surface area (TPSA) is 16.1 Å². The van der Waals surface area contributed by atoms with Gasteiger partial charge in [0.1, 0.15) is 5.82 Å². The molecule has 2 unspecified atom stereocenters. The van der Waals surface area contributed by atoms with Crippen molar-refractivity contribution in [3.63, 3.8) is 0 Å². The second-order valence-corrected chi connectivity index (χ2v) is 5.92. The fourth-order valence-electron chi connectivity index (χ4n) is 2.34.